The minimum atomic E-state index is -0.392. The smallest absolute Gasteiger partial charge is 0.337 e. The molecule has 0 N–H and O–H groups in total. The van der Waals surface area contributed by atoms with Crippen molar-refractivity contribution in [1.29, 1.82) is 0 Å². The van der Waals surface area contributed by atoms with Gasteiger partial charge in [-0.15, -0.1) is 0 Å². The van der Waals surface area contributed by atoms with Gasteiger partial charge in [-0.25, -0.2) is 4.79 Å². The average Bonchev–Trinajstić information content (AvgIpc) is 2.97. The Labute approximate surface area is 112 Å². The first-order valence-corrected chi connectivity index (χ1v) is 6.21. The molecule has 1 saturated heterocycles. The van der Waals surface area contributed by atoms with Gasteiger partial charge in [0.1, 0.15) is 0 Å². The Morgan fingerprint density at radius 1 is 1.37 bits per heavy atom. The van der Waals surface area contributed by atoms with Crippen molar-refractivity contribution in [2.45, 2.75) is 6.42 Å². The quantitative estimate of drug-likeness (QED) is 0.762. The number of rotatable bonds is 5. The molecule has 2 rings (SSSR count). The van der Waals surface area contributed by atoms with Crippen LogP contribution in [0.1, 0.15) is 16.8 Å². The molecular formula is C14H18O5. The Kier molecular flexibility index (Phi) is 4.63. The third kappa shape index (κ3) is 3.38. The molecule has 0 aromatic heterocycles. The van der Waals surface area contributed by atoms with Crippen molar-refractivity contribution in [3.63, 3.8) is 0 Å². The Hall–Kier alpha value is -1.75. The fourth-order valence-corrected chi connectivity index (χ4v) is 1.96. The first kappa shape index (κ1) is 13.7. The molecule has 1 unspecified atom stereocenters. The van der Waals surface area contributed by atoms with Crippen molar-refractivity contribution in [2.75, 3.05) is 34.0 Å². The number of esters is 1. The first-order chi connectivity index (χ1) is 9.24. The second kappa shape index (κ2) is 6.43. The molecule has 19 heavy (non-hydrogen) atoms. The van der Waals surface area contributed by atoms with Crippen LogP contribution in [0.2, 0.25) is 0 Å². The third-order valence-corrected chi connectivity index (χ3v) is 3.08. The van der Waals surface area contributed by atoms with Crippen LogP contribution in [0.25, 0.3) is 0 Å². The zero-order valence-electron chi connectivity index (χ0n) is 11.2. The van der Waals surface area contributed by atoms with Gasteiger partial charge in [0, 0.05) is 12.5 Å². The molecule has 0 saturated carbocycles. The van der Waals surface area contributed by atoms with E-state index in [4.69, 9.17) is 14.2 Å². The number of carbonyl (C=O) groups excluding carboxylic acids is 1. The SMILES string of the molecule is COC(=O)c1ccc(OC)c(OCC2CCOC2)c1. The van der Waals surface area contributed by atoms with Crippen LogP contribution in [0.15, 0.2) is 18.2 Å². The monoisotopic (exact) mass is 266 g/mol. The van der Waals surface area contributed by atoms with Gasteiger partial charge >= 0.3 is 5.97 Å². The standard InChI is InChI=1S/C14H18O5/c1-16-12-4-3-11(14(15)17-2)7-13(12)19-9-10-5-6-18-8-10/h3-4,7,10H,5-6,8-9H2,1-2H3. The summed E-state index contributed by atoms with van der Waals surface area (Å²) in [5.74, 6) is 1.16. The van der Waals surface area contributed by atoms with E-state index in [1.807, 2.05) is 0 Å². The fourth-order valence-electron chi connectivity index (χ4n) is 1.96. The van der Waals surface area contributed by atoms with E-state index < -0.39 is 5.97 Å². The van der Waals surface area contributed by atoms with Crippen molar-refractivity contribution >= 4 is 5.97 Å². The maximum atomic E-state index is 11.5. The van der Waals surface area contributed by atoms with Gasteiger partial charge < -0.3 is 18.9 Å². The molecule has 1 fully saturated rings. The maximum Gasteiger partial charge on any atom is 0.337 e. The number of hydrogen-bond acceptors (Lipinski definition) is 5. The Morgan fingerprint density at radius 2 is 2.21 bits per heavy atom. The van der Waals surface area contributed by atoms with Crippen molar-refractivity contribution in [1.82, 2.24) is 0 Å². The van der Waals surface area contributed by atoms with E-state index in [2.05, 4.69) is 4.74 Å². The Morgan fingerprint density at radius 3 is 2.84 bits per heavy atom. The van der Waals surface area contributed by atoms with Crippen LogP contribution >= 0.6 is 0 Å². The van der Waals surface area contributed by atoms with Crippen LogP contribution in [-0.4, -0.2) is 40.0 Å². The van der Waals surface area contributed by atoms with Gasteiger partial charge in [0.15, 0.2) is 11.5 Å². The molecule has 0 aliphatic carbocycles. The van der Waals surface area contributed by atoms with Crippen molar-refractivity contribution < 1.29 is 23.7 Å². The summed E-state index contributed by atoms with van der Waals surface area (Å²) in [7, 11) is 2.92. The number of carbonyl (C=O) groups is 1. The summed E-state index contributed by atoms with van der Waals surface area (Å²) >= 11 is 0. The second-order valence-electron chi connectivity index (χ2n) is 4.40. The molecule has 1 aliphatic heterocycles. The number of benzene rings is 1. The maximum absolute atomic E-state index is 11.5. The predicted octanol–water partition coefficient (Wildman–Crippen LogP) is 1.90. The van der Waals surface area contributed by atoms with Gasteiger partial charge in [0.05, 0.1) is 33.0 Å². The normalized spacial score (nSPS) is 18.1. The molecule has 0 radical (unpaired) electrons. The van der Waals surface area contributed by atoms with Crippen LogP contribution in [0, 0.1) is 5.92 Å². The van der Waals surface area contributed by atoms with E-state index in [1.54, 1.807) is 25.3 Å². The first-order valence-electron chi connectivity index (χ1n) is 6.21. The molecule has 5 heteroatoms. The number of methoxy groups -OCH3 is 2. The van der Waals surface area contributed by atoms with Gasteiger partial charge in [-0.1, -0.05) is 0 Å². The fraction of sp³-hybridized carbons (Fsp3) is 0.500. The summed E-state index contributed by atoms with van der Waals surface area (Å²) in [5, 5.41) is 0. The van der Waals surface area contributed by atoms with Gasteiger partial charge in [-0.2, -0.15) is 0 Å². The minimum absolute atomic E-state index is 0.392. The summed E-state index contributed by atoms with van der Waals surface area (Å²) in [5.41, 5.74) is 0.445. The molecule has 1 aromatic rings. The number of hydrogen-bond donors (Lipinski definition) is 0. The highest BCUT2D eigenvalue weighted by molar-refractivity contribution is 5.90. The minimum Gasteiger partial charge on any atom is -0.493 e. The topological polar surface area (TPSA) is 54.0 Å². The molecular weight excluding hydrogens is 248 g/mol. The predicted molar refractivity (Wildman–Crippen MR) is 68.8 cm³/mol. The van der Waals surface area contributed by atoms with E-state index in [0.717, 1.165) is 19.6 Å². The largest absolute Gasteiger partial charge is 0.493 e. The summed E-state index contributed by atoms with van der Waals surface area (Å²) in [4.78, 5) is 11.5. The highest BCUT2D eigenvalue weighted by Gasteiger charge is 2.18. The van der Waals surface area contributed by atoms with Crippen LogP contribution in [0.4, 0.5) is 0 Å². The molecule has 1 atom stereocenters. The molecule has 1 aliphatic rings. The lowest BCUT2D eigenvalue weighted by Gasteiger charge is -2.14. The molecule has 0 amide bonds. The molecule has 0 spiro atoms. The highest BCUT2D eigenvalue weighted by atomic mass is 16.5. The number of ether oxygens (including phenoxy) is 4. The molecule has 0 bridgehead atoms. The second-order valence-corrected chi connectivity index (χ2v) is 4.40. The van der Waals surface area contributed by atoms with E-state index in [0.29, 0.717) is 29.6 Å². The lowest BCUT2D eigenvalue weighted by atomic mass is 10.1. The lowest BCUT2D eigenvalue weighted by molar-refractivity contribution is 0.0600. The summed E-state index contributed by atoms with van der Waals surface area (Å²) < 4.78 is 20.9. The van der Waals surface area contributed by atoms with Crippen LogP contribution in [0.3, 0.4) is 0 Å². The van der Waals surface area contributed by atoms with Gasteiger partial charge in [-0.05, 0) is 24.6 Å². The lowest BCUT2D eigenvalue weighted by Crippen LogP contribution is -2.12. The zero-order valence-corrected chi connectivity index (χ0v) is 11.2. The van der Waals surface area contributed by atoms with Crippen molar-refractivity contribution in [3.8, 4) is 11.5 Å². The van der Waals surface area contributed by atoms with E-state index in [9.17, 15) is 4.79 Å². The van der Waals surface area contributed by atoms with Gasteiger partial charge in [-0.3, -0.25) is 0 Å². The van der Waals surface area contributed by atoms with Crippen molar-refractivity contribution in [3.05, 3.63) is 23.8 Å². The van der Waals surface area contributed by atoms with Gasteiger partial charge in [0.2, 0.25) is 0 Å². The zero-order chi connectivity index (χ0) is 13.7. The molecule has 1 heterocycles. The van der Waals surface area contributed by atoms with Crippen molar-refractivity contribution in [2.24, 2.45) is 5.92 Å². The molecule has 1 aromatic carbocycles. The average molecular weight is 266 g/mol. The summed E-state index contributed by atoms with van der Waals surface area (Å²) in [6, 6.07) is 4.99. The van der Waals surface area contributed by atoms with Crippen LogP contribution in [0.5, 0.6) is 11.5 Å². The van der Waals surface area contributed by atoms with E-state index >= 15 is 0 Å². The summed E-state index contributed by atoms with van der Waals surface area (Å²) in [6.07, 6.45) is 0.999. The van der Waals surface area contributed by atoms with Crippen LogP contribution in [-0.2, 0) is 9.47 Å². The highest BCUT2D eigenvalue weighted by Crippen LogP contribution is 2.29. The van der Waals surface area contributed by atoms with Crippen LogP contribution < -0.4 is 9.47 Å². The van der Waals surface area contributed by atoms with Gasteiger partial charge in [0.25, 0.3) is 0 Å². The Bertz CT molecular complexity index is 437. The molecule has 104 valence electrons. The van der Waals surface area contributed by atoms with E-state index in [-0.39, 0.29) is 0 Å². The summed E-state index contributed by atoms with van der Waals surface area (Å²) in [6.45, 7) is 2.06. The van der Waals surface area contributed by atoms with E-state index in [1.165, 1.54) is 7.11 Å². The third-order valence-electron chi connectivity index (χ3n) is 3.08. The molecule has 5 nitrogen and oxygen atoms in total. The Balaban J connectivity index is 2.08.